The second kappa shape index (κ2) is 9.64. The van der Waals surface area contributed by atoms with Gasteiger partial charge in [0.1, 0.15) is 19.7 Å². The Kier molecular flexibility index (Phi) is 9.22. The zero-order chi connectivity index (χ0) is 29.6. The average molecular weight is 595 g/mol. The number of alkyl halides is 15. The fraction of sp³-hybridized carbons (Fsp3) is 0.857. The van der Waals surface area contributed by atoms with Crippen LogP contribution in [0.1, 0.15) is 0 Å². The quantitative estimate of drug-likeness (QED) is 0.141. The molecule has 0 atom stereocenters. The minimum atomic E-state index is -8.54. The molecule has 0 spiro atoms. The Bertz CT molecular complexity index is 926. The maximum atomic E-state index is 13.7. The van der Waals surface area contributed by atoms with Crippen molar-refractivity contribution in [3.63, 3.8) is 0 Å². The van der Waals surface area contributed by atoms with E-state index >= 15 is 0 Å². The maximum absolute atomic E-state index is 13.7. The fourth-order valence-electron chi connectivity index (χ4n) is 2.05. The Balaban J connectivity index is 6.25. The molecule has 0 fully saturated rings. The van der Waals surface area contributed by atoms with Gasteiger partial charge in [-0.3, -0.25) is 4.18 Å². The summed E-state index contributed by atoms with van der Waals surface area (Å²) in [4.78, 5) is 0. The van der Waals surface area contributed by atoms with Crippen molar-refractivity contribution in [3.8, 4) is 0 Å². The monoisotopic (exact) mass is 595 g/mol. The summed E-state index contributed by atoms with van der Waals surface area (Å²) >= 11 is 0. The number of allylic oxidation sites excluding steroid dienone is 1. The van der Waals surface area contributed by atoms with Crippen LogP contribution in [0, 0.1) is 0 Å². The number of halogens is 16. The highest BCUT2D eigenvalue weighted by molar-refractivity contribution is 7.80. The van der Waals surface area contributed by atoms with Crippen LogP contribution >= 0.6 is 0 Å². The minimum Gasteiger partial charge on any atom is -0.726 e. The molecule has 0 aliphatic heterocycles. The second-order valence-electron chi connectivity index (χ2n) is 7.57. The molecule has 0 heterocycles. The third kappa shape index (κ3) is 6.11. The van der Waals surface area contributed by atoms with Gasteiger partial charge >= 0.3 is 41.7 Å². The van der Waals surface area contributed by atoms with E-state index in [1.54, 1.807) is 0 Å². The van der Waals surface area contributed by atoms with Crippen LogP contribution in [0.15, 0.2) is 11.9 Å². The van der Waals surface area contributed by atoms with Crippen LogP contribution in [0.4, 0.5) is 70.2 Å². The molecule has 0 aromatic rings. The minimum absolute atomic E-state index is 0.712. The van der Waals surface area contributed by atoms with Crippen molar-refractivity contribution in [2.45, 2.75) is 41.7 Å². The number of hydrogen-bond donors (Lipinski definition) is 0. The van der Waals surface area contributed by atoms with Gasteiger partial charge in [-0.2, -0.15) is 65.9 Å². The van der Waals surface area contributed by atoms with Gasteiger partial charge < -0.3 is 9.04 Å². The molecule has 22 heteroatoms. The zero-order valence-electron chi connectivity index (χ0n) is 17.2. The molecular weight excluding hydrogens is 582 g/mol. The molecule has 0 aromatic carbocycles. The van der Waals surface area contributed by atoms with E-state index in [2.05, 4.69) is 4.18 Å². The summed E-state index contributed by atoms with van der Waals surface area (Å²) < 4.78 is 243. The number of likely N-dealkylation sites (N-methyl/N-ethyl adjacent to an activating group) is 1. The van der Waals surface area contributed by atoms with Gasteiger partial charge in [0.05, 0.1) is 14.1 Å². The Hall–Kier alpha value is -1.55. The molecule has 0 saturated carbocycles. The van der Waals surface area contributed by atoms with E-state index in [0.29, 0.717) is 0 Å². The molecule has 0 unspecified atom stereocenters. The number of quaternary nitrogens is 1. The number of rotatable bonds is 12. The van der Waals surface area contributed by atoms with E-state index in [-0.39, 0.29) is 0 Å². The highest BCUT2D eigenvalue weighted by Crippen LogP contribution is 2.63. The molecule has 0 bridgehead atoms. The first-order valence-corrected chi connectivity index (χ1v) is 9.79. The van der Waals surface area contributed by atoms with Crippen LogP contribution in [-0.2, 0) is 14.6 Å². The Morgan fingerprint density at radius 2 is 1.11 bits per heavy atom. The van der Waals surface area contributed by atoms with Crippen molar-refractivity contribution < 1.29 is 91.9 Å². The van der Waals surface area contributed by atoms with Gasteiger partial charge in [-0.25, -0.2) is 12.8 Å². The van der Waals surface area contributed by atoms with Crippen molar-refractivity contribution in [1.82, 2.24) is 0 Å². The third-order valence-corrected chi connectivity index (χ3v) is 4.77. The van der Waals surface area contributed by atoms with E-state index in [4.69, 9.17) is 0 Å². The summed E-state index contributed by atoms with van der Waals surface area (Å²) in [7, 11) is -3.56. The van der Waals surface area contributed by atoms with Crippen molar-refractivity contribution in [2.75, 3.05) is 33.8 Å². The third-order valence-electron chi connectivity index (χ3n) is 4.32. The zero-order valence-corrected chi connectivity index (χ0v) is 18.1. The highest BCUT2D eigenvalue weighted by Gasteiger charge is 2.93. The fourth-order valence-corrected chi connectivity index (χ4v) is 2.33. The summed E-state index contributed by atoms with van der Waals surface area (Å²) in [5.41, 5.74) is 0. The van der Waals surface area contributed by atoms with Gasteiger partial charge in [0.2, 0.25) is 10.4 Å². The average Bonchev–Trinajstić information content (AvgIpc) is 2.63. The van der Waals surface area contributed by atoms with Gasteiger partial charge in [0.25, 0.3) is 0 Å². The molecule has 0 amide bonds. The van der Waals surface area contributed by atoms with Gasteiger partial charge in [-0.15, -0.1) is 0 Å². The van der Waals surface area contributed by atoms with Crippen LogP contribution in [0.2, 0.25) is 0 Å². The predicted molar refractivity (Wildman–Crippen MR) is 82.4 cm³/mol. The predicted octanol–water partition coefficient (Wildman–Crippen LogP) is 4.77. The summed E-state index contributed by atoms with van der Waals surface area (Å²) in [5, 5.41) is 0. The van der Waals surface area contributed by atoms with Crippen molar-refractivity contribution >= 4 is 10.4 Å². The van der Waals surface area contributed by atoms with E-state index < -0.39 is 88.2 Å². The van der Waals surface area contributed by atoms with Crippen molar-refractivity contribution in [2.24, 2.45) is 0 Å². The largest absolute Gasteiger partial charge is 0.726 e. The van der Waals surface area contributed by atoms with Gasteiger partial charge in [-0.1, -0.05) is 0 Å². The smallest absolute Gasteiger partial charge is 0.460 e. The van der Waals surface area contributed by atoms with Crippen LogP contribution < -0.4 is 0 Å². The standard InChI is InChI=1S/C14H13F16NO4S/c1-31(2,5-6-35-36(32,33)34)4-3-7(15)8(16,17)9(18,19)10(20,21)11(22,23)12(24,25)13(26,27)14(28,29)30/h3H,4-6H2,1-2H3. The molecule has 0 rings (SSSR count). The van der Waals surface area contributed by atoms with Gasteiger partial charge in [0.15, 0.2) is 5.83 Å². The van der Waals surface area contributed by atoms with Crippen molar-refractivity contribution in [3.05, 3.63) is 11.9 Å². The van der Waals surface area contributed by atoms with Gasteiger partial charge in [0, 0.05) is 6.08 Å². The Labute approximate surface area is 190 Å². The first-order chi connectivity index (χ1) is 15.3. The normalized spacial score (nSPS) is 16.5. The molecule has 0 aliphatic carbocycles. The highest BCUT2D eigenvalue weighted by atomic mass is 32.3. The Morgan fingerprint density at radius 1 is 0.750 bits per heavy atom. The summed E-state index contributed by atoms with van der Waals surface area (Å²) in [6.45, 7) is -3.07. The molecule has 216 valence electrons. The lowest BCUT2D eigenvalue weighted by atomic mass is 9.90. The molecule has 5 nitrogen and oxygen atoms in total. The lowest BCUT2D eigenvalue weighted by molar-refractivity contribution is -0.884. The van der Waals surface area contributed by atoms with Crippen LogP contribution in [0.3, 0.4) is 0 Å². The van der Waals surface area contributed by atoms with Gasteiger partial charge in [-0.05, 0) is 0 Å². The molecular formula is C14H13F16NO4S. The van der Waals surface area contributed by atoms with Crippen molar-refractivity contribution in [1.29, 1.82) is 0 Å². The number of nitrogens with zero attached hydrogens (tertiary/aromatic N) is 1. The number of hydrogen-bond acceptors (Lipinski definition) is 4. The Morgan fingerprint density at radius 3 is 1.47 bits per heavy atom. The molecule has 0 aromatic heterocycles. The van der Waals surface area contributed by atoms with E-state index in [0.717, 1.165) is 14.1 Å². The molecule has 0 radical (unpaired) electrons. The van der Waals surface area contributed by atoms with E-state index in [9.17, 15) is 83.2 Å². The molecule has 36 heavy (non-hydrogen) atoms. The SMILES string of the molecule is C[N+](C)(CC=C(F)C(F)(F)C(F)(F)C(F)(F)C(F)(F)C(F)(F)C(F)(F)C(F)(F)F)CCOS(=O)(=O)[O-]. The second-order valence-corrected chi connectivity index (χ2v) is 8.62. The lowest BCUT2D eigenvalue weighted by Gasteiger charge is -2.41. The van der Waals surface area contributed by atoms with Crippen LogP contribution in [-0.4, -0.2) is 93.0 Å². The summed E-state index contributed by atoms with van der Waals surface area (Å²) in [5.74, 6) is -52.5. The first kappa shape index (κ1) is 34.5. The molecule has 0 saturated heterocycles. The first-order valence-electron chi connectivity index (χ1n) is 8.45. The lowest BCUT2D eigenvalue weighted by Crippen LogP contribution is -2.72. The maximum Gasteiger partial charge on any atom is 0.460 e. The van der Waals surface area contributed by atoms with E-state index in [1.165, 1.54) is 0 Å². The topological polar surface area (TPSA) is 66.4 Å². The van der Waals surface area contributed by atoms with E-state index in [1.807, 2.05) is 0 Å². The summed E-state index contributed by atoms with van der Waals surface area (Å²) in [6.07, 6.45) is -8.46. The summed E-state index contributed by atoms with van der Waals surface area (Å²) in [6, 6.07) is 0. The van der Waals surface area contributed by atoms with Crippen LogP contribution in [0.25, 0.3) is 0 Å². The molecule has 0 N–H and O–H groups in total. The van der Waals surface area contributed by atoms with Crippen LogP contribution in [0.5, 0.6) is 0 Å². The molecule has 0 aliphatic rings.